The maximum Gasteiger partial charge on any atom is 0.241 e. The van der Waals surface area contributed by atoms with Crippen LogP contribution in [0.3, 0.4) is 0 Å². The molecule has 0 saturated heterocycles. The van der Waals surface area contributed by atoms with Crippen LogP contribution in [0.5, 0.6) is 0 Å². The summed E-state index contributed by atoms with van der Waals surface area (Å²) in [5, 5.41) is 0. The summed E-state index contributed by atoms with van der Waals surface area (Å²) >= 11 is 0. The molecule has 0 N–H and O–H groups in total. The van der Waals surface area contributed by atoms with E-state index in [9.17, 15) is 4.79 Å². The third-order valence-electron chi connectivity index (χ3n) is 4.09. The van der Waals surface area contributed by atoms with Gasteiger partial charge < -0.3 is 9.16 Å². The van der Waals surface area contributed by atoms with E-state index in [4.69, 9.17) is 9.16 Å². The SMILES string of the molecule is COCC#C[C@]12C(=O)C[C@H]1CC/C2=C(\C)O[Si](C)(C)C. The number of Topliss-reactive ketones (excluding diaryl/α,β-unsaturated/α-hetero) is 1. The normalized spacial score (nSPS) is 31.1. The number of fused-ring (bicyclic) bond motifs is 1. The summed E-state index contributed by atoms with van der Waals surface area (Å²) in [6, 6.07) is 0. The van der Waals surface area contributed by atoms with Crippen LogP contribution in [-0.4, -0.2) is 27.8 Å². The van der Waals surface area contributed by atoms with Crippen molar-refractivity contribution in [2.24, 2.45) is 11.3 Å². The van der Waals surface area contributed by atoms with Crippen LogP contribution in [0.15, 0.2) is 11.3 Å². The molecular formula is C16H24O3Si. The van der Waals surface area contributed by atoms with Gasteiger partial charge in [-0.3, -0.25) is 4.79 Å². The Morgan fingerprint density at radius 2 is 2.15 bits per heavy atom. The molecule has 0 bridgehead atoms. The van der Waals surface area contributed by atoms with Crippen LogP contribution in [0.2, 0.25) is 19.6 Å². The highest BCUT2D eigenvalue weighted by atomic mass is 28.4. The topological polar surface area (TPSA) is 35.5 Å². The van der Waals surface area contributed by atoms with Crippen LogP contribution in [0.25, 0.3) is 0 Å². The lowest BCUT2D eigenvalue weighted by Gasteiger charge is -2.40. The second kappa shape index (κ2) is 5.38. The summed E-state index contributed by atoms with van der Waals surface area (Å²) < 4.78 is 11.1. The van der Waals surface area contributed by atoms with Crippen LogP contribution in [0.4, 0.5) is 0 Å². The van der Waals surface area contributed by atoms with Gasteiger partial charge in [0.25, 0.3) is 0 Å². The number of methoxy groups -OCH3 is 1. The monoisotopic (exact) mass is 292 g/mol. The Bertz CT molecular complexity index is 504. The predicted octanol–water partition coefficient (Wildman–Crippen LogP) is 3.13. The molecule has 0 aliphatic heterocycles. The van der Waals surface area contributed by atoms with E-state index >= 15 is 0 Å². The van der Waals surface area contributed by atoms with Gasteiger partial charge in [-0.2, -0.15) is 0 Å². The second-order valence-corrected chi connectivity index (χ2v) is 11.1. The van der Waals surface area contributed by atoms with Gasteiger partial charge in [0.15, 0.2) is 5.78 Å². The lowest BCUT2D eigenvalue weighted by atomic mass is 9.59. The molecule has 0 amide bonds. The van der Waals surface area contributed by atoms with Crippen LogP contribution >= 0.6 is 0 Å². The highest BCUT2D eigenvalue weighted by Gasteiger charge is 2.60. The highest BCUT2D eigenvalue weighted by molar-refractivity contribution is 6.70. The van der Waals surface area contributed by atoms with E-state index in [-0.39, 0.29) is 5.78 Å². The van der Waals surface area contributed by atoms with E-state index in [0.29, 0.717) is 18.9 Å². The predicted molar refractivity (Wildman–Crippen MR) is 81.6 cm³/mol. The van der Waals surface area contributed by atoms with Gasteiger partial charge in [-0.25, -0.2) is 0 Å². The number of hydrogen-bond acceptors (Lipinski definition) is 3. The molecule has 0 aromatic rings. The first kappa shape index (κ1) is 15.3. The second-order valence-electron chi connectivity index (χ2n) is 6.65. The molecule has 0 spiro atoms. The Morgan fingerprint density at radius 3 is 2.70 bits per heavy atom. The minimum absolute atomic E-state index is 0.261. The standard InChI is InChI=1S/C16H24O3Si/c1-12(19-20(3,4)5)14-8-7-13-11-15(17)16(13,14)9-6-10-18-2/h13H,7-8,10-11H2,1-5H3/b14-12-/t13-,16+/m1/s1. The summed E-state index contributed by atoms with van der Waals surface area (Å²) in [7, 11) is -0.0281. The zero-order chi connectivity index (χ0) is 15.0. The van der Waals surface area contributed by atoms with Gasteiger partial charge in [-0.15, -0.1) is 0 Å². The maximum absolute atomic E-state index is 12.3. The molecule has 2 aliphatic rings. The largest absolute Gasteiger partial charge is 0.548 e. The van der Waals surface area contributed by atoms with Crippen molar-refractivity contribution in [3.63, 3.8) is 0 Å². The molecule has 0 aromatic heterocycles. The van der Waals surface area contributed by atoms with Crippen molar-refractivity contribution in [1.29, 1.82) is 0 Å². The molecule has 0 unspecified atom stereocenters. The Balaban J connectivity index is 2.36. The summed E-state index contributed by atoms with van der Waals surface area (Å²) in [6.45, 7) is 8.87. The molecule has 2 rings (SSSR count). The van der Waals surface area contributed by atoms with E-state index in [1.807, 2.05) is 6.92 Å². The quantitative estimate of drug-likeness (QED) is 0.455. The molecule has 110 valence electrons. The van der Waals surface area contributed by atoms with Crippen molar-refractivity contribution in [3.05, 3.63) is 11.3 Å². The first-order valence-electron chi connectivity index (χ1n) is 7.23. The third-order valence-corrected chi connectivity index (χ3v) is 5.01. The maximum atomic E-state index is 12.3. The molecule has 0 aromatic carbocycles. The molecule has 0 radical (unpaired) electrons. The fourth-order valence-electron chi connectivity index (χ4n) is 3.35. The molecule has 0 heterocycles. The minimum atomic E-state index is -1.65. The molecule has 2 aliphatic carbocycles. The number of carbonyl (C=O) groups is 1. The van der Waals surface area contributed by atoms with E-state index in [0.717, 1.165) is 24.2 Å². The fourth-order valence-corrected chi connectivity index (χ4v) is 4.39. The number of carbonyl (C=O) groups excluding carboxylic acids is 1. The zero-order valence-electron chi connectivity index (χ0n) is 13.1. The van der Waals surface area contributed by atoms with Crippen LogP contribution in [-0.2, 0) is 14.0 Å². The van der Waals surface area contributed by atoms with Crippen molar-refractivity contribution < 1.29 is 14.0 Å². The molecule has 4 heteroatoms. The average molecular weight is 292 g/mol. The van der Waals surface area contributed by atoms with E-state index < -0.39 is 13.7 Å². The van der Waals surface area contributed by atoms with Gasteiger partial charge in [0.2, 0.25) is 8.32 Å². The fraction of sp³-hybridized carbons (Fsp3) is 0.688. The first-order valence-corrected chi connectivity index (χ1v) is 10.6. The number of hydrogen-bond donors (Lipinski definition) is 0. The van der Waals surface area contributed by atoms with Gasteiger partial charge >= 0.3 is 0 Å². The molecular weight excluding hydrogens is 268 g/mol. The number of allylic oxidation sites excluding steroid dienone is 2. The Hall–Kier alpha value is -1.05. The van der Waals surface area contributed by atoms with E-state index in [2.05, 4.69) is 31.5 Å². The van der Waals surface area contributed by atoms with Gasteiger partial charge in [0, 0.05) is 13.5 Å². The lowest BCUT2D eigenvalue weighted by molar-refractivity contribution is -0.135. The number of ether oxygens (including phenoxy) is 1. The summed E-state index contributed by atoms with van der Waals surface area (Å²) in [5.41, 5.74) is 0.576. The first-order chi connectivity index (χ1) is 9.31. The van der Waals surface area contributed by atoms with Crippen LogP contribution in [0.1, 0.15) is 26.2 Å². The lowest BCUT2D eigenvalue weighted by Crippen LogP contribution is -2.47. The van der Waals surface area contributed by atoms with Crippen molar-refractivity contribution in [1.82, 2.24) is 0 Å². The van der Waals surface area contributed by atoms with E-state index in [1.54, 1.807) is 7.11 Å². The summed E-state index contributed by atoms with van der Waals surface area (Å²) in [4.78, 5) is 12.3. The summed E-state index contributed by atoms with van der Waals surface area (Å²) in [5.74, 6) is 7.80. The molecule has 2 saturated carbocycles. The van der Waals surface area contributed by atoms with Crippen molar-refractivity contribution in [2.45, 2.75) is 45.8 Å². The zero-order valence-corrected chi connectivity index (χ0v) is 14.1. The van der Waals surface area contributed by atoms with E-state index in [1.165, 1.54) is 0 Å². The molecule has 2 atom stereocenters. The number of ketones is 1. The molecule has 2 fully saturated rings. The van der Waals surface area contributed by atoms with Crippen molar-refractivity contribution >= 4 is 14.1 Å². The van der Waals surface area contributed by atoms with Gasteiger partial charge in [0.05, 0.1) is 5.76 Å². The van der Waals surface area contributed by atoms with Crippen LogP contribution < -0.4 is 0 Å². The van der Waals surface area contributed by atoms with Gasteiger partial charge in [0.1, 0.15) is 12.0 Å². The summed E-state index contributed by atoms with van der Waals surface area (Å²) in [6.07, 6.45) is 2.66. The molecule has 3 nitrogen and oxygen atoms in total. The Morgan fingerprint density at radius 1 is 1.45 bits per heavy atom. The molecule has 20 heavy (non-hydrogen) atoms. The van der Waals surface area contributed by atoms with Gasteiger partial charge in [-0.05, 0) is 50.9 Å². The highest BCUT2D eigenvalue weighted by Crippen LogP contribution is 2.58. The van der Waals surface area contributed by atoms with Crippen molar-refractivity contribution in [2.75, 3.05) is 13.7 Å². The van der Waals surface area contributed by atoms with Gasteiger partial charge in [-0.1, -0.05) is 11.8 Å². The Kier molecular flexibility index (Phi) is 4.13. The average Bonchev–Trinajstić information content (AvgIpc) is 2.61. The third kappa shape index (κ3) is 2.57. The smallest absolute Gasteiger partial charge is 0.241 e. The van der Waals surface area contributed by atoms with Crippen molar-refractivity contribution in [3.8, 4) is 11.8 Å². The Labute approximate surface area is 122 Å². The number of rotatable bonds is 3. The van der Waals surface area contributed by atoms with Crippen LogP contribution in [0, 0.1) is 23.2 Å². The minimum Gasteiger partial charge on any atom is -0.548 e.